The van der Waals surface area contributed by atoms with E-state index in [0.717, 1.165) is 24.7 Å². The molecule has 1 unspecified atom stereocenters. The summed E-state index contributed by atoms with van der Waals surface area (Å²) in [5, 5.41) is 3.14. The Bertz CT molecular complexity index is 129. The molecular weight excluding hydrogens is 124 g/mol. The van der Waals surface area contributed by atoms with Crippen LogP contribution in [0.4, 0.5) is 0 Å². The van der Waals surface area contributed by atoms with Crippen molar-refractivity contribution < 1.29 is 0 Å². The Morgan fingerprint density at radius 3 is 3.30 bits per heavy atom. The topological polar surface area (TPSA) is 38.0 Å². The van der Waals surface area contributed by atoms with Crippen LogP contribution in [0, 0.1) is 5.92 Å². The maximum Gasteiger partial charge on any atom is 0.0918 e. The van der Waals surface area contributed by atoms with Gasteiger partial charge in [-0.2, -0.15) is 0 Å². The molecule has 0 bridgehead atoms. The van der Waals surface area contributed by atoms with Crippen molar-refractivity contribution in [3.8, 4) is 0 Å². The number of rotatable bonds is 0. The molecule has 0 radical (unpaired) electrons. The quantitative estimate of drug-likeness (QED) is 0.530. The summed E-state index contributed by atoms with van der Waals surface area (Å²) in [6.07, 6.45) is 5.77. The summed E-state index contributed by atoms with van der Waals surface area (Å²) < 4.78 is 0. The van der Waals surface area contributed by atoms with Crippen LogP contribution in [0.2, 0.25) is 0 Å². The van der Waals surface area contributed by atoms with Gasteiger partial charge in [-0.1, -0.05) is 6.92 Å². The Morgan fingerprint density at radius 2 is 2.50 bits per heavy atom. The summed E-state index contributed by atoms with van der Waals surface area (Å²) in [6.45, 7) is 3.31. The fourth-order valence-electron chi connectivity index (χ4n) is 1.20. The monoisotopic (exact) mass is 140 g/mol. The maximum atomic E-state index is 5.62. The average molecular weight is 140 g/mol. The number of hydrogen-bond donors (Lipinski definition) is 2. The minimum atomic E-state index is 0.806. The van der Waals surface area contributed by atoms with Crippen molar-refractivity contribution in [3.63, 3.8) is 0 Å². The van der Waals surface area contributed by atoms with Crippen molar-refractivity contribution in [1.29, 1.82) is 0 Å². The van der Waals surface area contributed by atoms with E-state index in [9.17, 15) is 0 Å². The predicted octanol–water partition coefficient (Wildman–Crippen LogP) is 1.20. The van der Waals surface area contributed by atoms with Crippen molar-refractivity contribution in [1.82, 2.24) is 5.32 Å². The molecule has 0 aromatic heterocycles. The van der Waals surface area contributed by atoms with Gasteiger partial charge in [-0.05, 0) is 31.3 Å². The minimum absolute atomic E-state index is 0.806. The molecule has 0 amide bonds. The van der Waals surface area contributed by atoms with Gasteiger partial charge in [0, 0.05) is 6.54 Å². The van der Waals surface area contributed by atoms with Gasteiger partial charge in [0.1, 0.15) is 0 Å². The lowest BCUT2D eigenvalue weighted by Crippen LogP contribution is -2.23. The molecule has 0 aliphatic carbocycles. The molecule has 1 heterocycles. The summed E-state index contributed by atoms with van der Waals surface area (Å²) in [7, 11) is 0. The molecule has 2 nitrogen and oxygen atoms in total. The first-order valence-corrected chi connectivity index (χ1v) is 3.98. The van der Waals surface area contributed by atoms with Crippen molar-refractivity contribution in [2.24, 2.45) is 11.7 Å². The molecule has 0 saturated heterocycles. The van der Waals surface area contributed by atoms with Crippen LogP contribution in [0.3, 0.4) is 0 Å². The third-order valence-electron chi connectivity index (χ3n) is 1.94. The Labute approximate surface area is 62.5 Å². The smallest absolute Gasteiger partial charge is 0.0918 e. The largest absolute Gasteiger partial charge is 0.386 e. The van der Waals surface area contributed by atoms with Gasteiger partial charge in [0.25, 0.3) is 0 Å². The Balaban J connectivity index is 2.42. The van der Waals surface area contributed by atoms with Crippen LogP contribution in [0.1, 0.15) is 26.2 Å². The fraction of sp³-hybridized carbons (Fsp3) is 0.750. The predicted molar refractivity (Wildman–Crippen MR) is 43.3 cm³/mol. The van der Waals surface area contributed by atoms with Crippen LogP contribution >= 0.6 is 0 Å². The first kappa shape index (κ1) is 7.45. The highest BCUT2D eigenvalue weighted by Crippen LogP contribution is 2.12. The first-order chi connectivity index (χ1) is 4.79. The molecule has 10 heavy (non-hydrogen) atoms. The fourth-order valence-corrected chi connectivity index (χ4v) is 1.20. The zero-order valence-electron chi connectivity index (χ0n) is 6.56. The third-order valence-corrected chi connectivity index (χ3v) is 1.94. The van der Waals surface area contributed by atoms with Crippen LogP contribution in [0.15, 0.2) is 11.9 Å². The molecule has 0 aromatic rings. The van der Waals surface area contributed by atoms with Gasteiger partial charge in [0.05, 0.1) is 5.82 Å². The Morgan fingerprint density at radius 1 is 1.70 bits per heavy atom. The van der Waals surface area contributed by atoms with Crippen molar-refractivity contribution in [2.45, 2.75) is 26.2 Å². The highest BCUT2D eigenvalue weighted by molar-refractivity contribution is 4.95. The SMILES string of the molecule is CC1C/C=C(\N)NCCC1. The normalized spacial score (nSPS) is 32.9. The molecular formula is C8H16N2. The van der Waals surface area contributed by atoms with E-state index in [0.29, 0.717) is 0 Å². The van der Waals surface area contributed by atoms with Gasteiger partial charge in [0.15, 0.2) is 0 Å². The standard InChI is InChI=1S/C8H16N2/c1-7-3-2-6-10-8(9)5-4-7/h5,7,10H,2-4,6,9H2,1H3/b8-5+. The van der Waals surface area contributed by atoms with Crippen LogP contribution < -0.4 is 11.1 Å². The van der Waals surface area contributed by atoms with E-state index in [4.69, 9.17) is 5.73 Å². The van der Waals surface area contributed by atoms with E-state index < -0.39 is 0 Å². The van der Waals surface area contributed by atoms with E-state index in [1.54, 1.807) is 0 Å². The highest BCUT2D eigenvalue weighted by atomic mass is 15.0. The molecule has 1 aliphatic heterocycles. The molecule has 3 N–H and O–H groups in total. The first-order valence-electron chi connectivity index (χ1n) is 3.98. The van der Waals surface area contributed by atoms with Gasteiger partial charge < -0.3 is 11.1 Å². The highest BCUT2D eigenvalue weighted by Gasteiger charge is 2.03. The zero-order chi connectivity index (χ0) is 7.40. The molecule has 0 aromatic carbocycles. The van der Waals surface area contributed by atoms with Gasteiger partial charge in [-0.15, -0.1) is 0 Å². The van der Waals surface area contributed by atoms with Gasteiger partial charge in [0.2, 0.25) is 0 Å². The average Bonchev–Trinajstić information content (AvgIpc) is 1.90. The zero-order valence-corrected chi connectivity index (χ0v) is 6.56. The Hall–Kier alpha value is -0.660. The van der Waals surface area contributed by atoms with Crippen molar-refractivity contribution >= 4 is 0 Å². The molecule has 0 fully saturated rings. The number of hydrogen-bond acceptors (Lipinski definition) is 2. The second kappa shape index (κ2) is 3.49. The van der Waals surface area contributed by atoms with Crippen LogP contribution in [-0.2, 0) is 0 Å². The Kier molecular flexibility index (Phi) is 2.60. The van der Waals surface area contributed by atoms with Gasteiger partial charge >= 0.3 is 0 Å². The second-order valence-corrected chi connectivity index (χ2v) is 3.07. The molecule has 1 aliphatic rings. The summed E-state index contributed by atoms with van der Waals surface area (Å²) in [4.78, 5) is 0. The maximum absolute atomic E-state index is 5.62. The second-order valence-electron chi connectivity index (χ2n) is 3.07. The lowest BCUT2D eigenvalue weighted by atomic mass is 10.0. The summed E-state index contributed by atoms with van der Waals surface area (Å²) >= 11 is 0. The lowest BCUT2D eigenvalue weighted by molar-refractivity contribution is 0.492. The van der Waals surface area contributed by atoms with Gasteiger partial charge in [-0.3, -0.25) is 0 Å². The molecule has 1 atom stereocenters. The lowest BCUT2D eigenvalue weighted by Gasteiger charge is -2.14. The van der Waals surface area contributed by atoms with Crippen LogP contribution in [0.25, 0.3) is 0 Å². The summed E-state index contributed by atoms with van der Waals surface area (Å²) in [5.41, 5.74) is 5.62. The molecule has 0 saturated carbocycles. The van der Waals surface area contributed by atoms with Gasteiger partial charge in [-0.25, -0.2) is 0 Å². The molecule has 2 heteroatoms. The summed E-state index contributed by atoms with van der Waals surface area (Å²) in [5.74, 6) is 1.66. The van der Waals surface area contributed by atoms with E-state index in [1.807, 2.05) is 0 Å². The van der Waals surface area contributed by atoms with E-state index in [1.165, 1.54) is 12.8 Å². The van der Waals surface area contributed by atoms with Crippen molar-refractivity contribution in [3.05, 3.63) is 11.9 Å². The van der Waals surface area contributed by atoms with Crippen molar-refractivity contribution in [2.75, 3.05) is 6.54 Å². The minimum Gasteiger partial charge on any atom is -0.386 e. The number of nitrogens with one attached hydrogen (secondary N) is 1. The molecule has 58 valence electrons. The summed E-state index contributed by atoms with van der Waals surface area (Å²) in [6, 6.07) is 0. The third kappa shape index (κ3) is 2.29. The van der Waals surface area contributed by atoms with Crippen LogP contribution in [-0.4, -0.2) is 6.54 Å². The number of allylic oxidation sites excluding steroid dienone is 1. The van der Waals surface area contributed by atoms with Crippen LogP contribution in [0.5, 0.6) is 0 Å². The van der Waals surface area contributed by atoms with E-state index >= 15 is 0 Å². The number of nitrogens with two attached hydrogens (primary N) is 1. The molecule has 1 rings (SSSR count). The van der Waals surface area contributed by atoms with E-state index in [-0.39, 0.29) is 0 Å². The molecule has 0 spiro atoms. The van der Waals surface area contributed by atoms with E-state index in [2.05, 4.69) is 18.3 Å².